The summed E-state index contributed by atoms with van der Waals surface area (Å²) in [4.78, 5) is 0. The molecule has 2 atom stereocenters. The minimum absolute atomic E-state index is 0.150. The predicted molar refractivity (Wildman–Crippen MR) is 57.5 cm³/mol. The maximum absolute atomic E-state index is 6.34. The first-order valence-electron chi connectivity index (χ1n) is 6.17. The summed E-state index contributed by atoms with van der Waals surface area (Å²) in [6.45, 7) is 7.25. The topological polar surface area (TPSA) is 30.5 Å². The summed E-state index contributed by atoms with van der Waals surface area (Å²) in [5.41, 5.74) is 0.310. The first kappa shape index (κ1) is 10.1. The van der Waals surface area contributed by atoms with E-state index < -0.39 is 0 Å². The van der Waals surface area contributed by atoms with Crippen LogP contribution in [0.4, 0.5) is 0 Å². The van der Waals surface area contributed by atoms with Crippen LogP contribution in [-0.4, -0.2) is 31.6 Å². The zero-order valence-electron chi connectivity index (χ0n) is 9.71. The lowest BCUT2D eigenvalue weighted by atomic mass is 9.87. The number of rotatable bonds is 1. The van der Waals surface area contributed by atoms with E-state index in [1.54, 1.807) is 0 Å². The molecular weight excluding hydrogens is 190 g/mol. The van der Waals surface area contributed by atoms with Crippen molar-refractivity contribution in [3.63, 3.8) is 0 Å². The van der Waals surface area contributed by atoms with Gasteiger partial charge in [0.1, 0.15) is 5.72 Å². The molecule has 86 valence electrons. The van der Waals surface area contributed by atoms with Crippen LogP contribution in [0.1, 0.15) is 33.1 Å². The van der Waals surface area contributed by atoms with Crippen LogP contribution in [0.3, 0.4) is 0 Å². The number of ether oxygens (including phenoxy) is 2. The van der Waals surface area contributed by atoms with Crippen molar-refractivity contribution in [3.05, 3.63) is 0 Å². The fourth-order valence-electron chi connectivity index (χ4n) is 3.09. The third-order valence-corrected chi connectivity index (χ3v) is 4.20. The van der Waals surface area contributed by atoms with Gasteiger partial charge in [-0.25, -0.2) is 0 Å². The van der Waals surface area contributed by atoms with Gasteiger partial charge in [0.25, 0.3) is 0 Å². The summed E-state index contributed by atoms with van der Waals surface area (Å²) in [5.74, 6) is 0.618. The second kappa shape index (κ2) is 3.19. The van der Waals surface area contributed by atoms with Gasteiger partial charge in [0.15, 0.2) is 0 Å². The van der Waals surface area contributed by atoms with Gasteiger partial charge in [-0.15, -0.1) is 0 Å². The molecule has 1 aliphatic carbocycles. The maximum Gasteiger partial charge on any atom is 0.145 e. The average Bonchev–Trinajstić information content (AvgIpc) is 2.85. The number of hydrogen-bond acceptors (Lipinski definition) is 3. The molecule has 1 saturated carbocycles. The van der Waals surface area contributed by atoms with Gasteiger partial charge in [0.2, 0.25) is 0 Å². The molecule has 3 nitrogen and oxygen atoms in total. The molecule has 2 aliphatic heterocycles. The van der Waals surface area contributed by atoms with Crippen LogP contribution in [0.25, 0.3) is 0 Å². The Morgan fingerprint density at radius 1 is 1.27 bits per heavy atom. The highest BCUT2D eigenvalue weighted by Gasteiger charge is 2.58. The first-order chi connectivity index (χ1) is 7.16. The molecule has 1 N–H and O–H groups in total. The van der Waals surface area contributed by atoms with E-state index in [1.165, 1.54) is 12.8 Å². The van der Waals surface area contributed by atoms with E-state index in [-0.39, 0.29) is 5.72 Å². The highest BCUT2D eigenvalue weighted by Crippen LogP contribution is 2.55. The van der Waals surface area contributed by atoms with E-state index in [1.807, 2.05) is 0 Å². The van der Waals surface area contributed by atoms with Crippen LogP contribution in [0.5, 0.6) is 0 Å². The summed E-state index contributed by atoms with van der Waals surface area (Å²) in [5, 5.41) is 3.58. The minimum atomic E-state index is -0.150. The van der Waals surface area contributed by atoms with Gasteiger partial charge in [-0.1, -0.05) is 13.8 Å². The van der Waals surface area contributed by atoms with E-state index in [9.17, 15) is 0 Å². The summed E-state index contributed by atoms with van der Waals surface area (Å²) in [6.07, 6.45) is 4.10. The van der Waals surface area contributed by atoms with Crippen molar-refractivity contribution >= 4 is 0 Å². The maximum atomic E-state index is 6.34. The fourth-order valence-corrected chi connectivity index (χ4v) is 3.09. The van der Waals surface area contributed by atoms with Gasteiger partial charge in [-0.3, -0.25) is 5.32 Å². The Morgan fingerprint density at radius 3 is 2.60 bits per heavy atom. The van der Waals surface area contributed by atoms with Crippen LogP contribution in [-0.2, 0) is 9.47 Å². The van der Waals surface area contributed by atoms with Crippen molar-refractivity contribution in [3.8, 4) is 0 Å². The van der Waals surface area contributed by atoms with Gasteiger partial charge < -0.3 is 9.47 Å². The van der Waals surface area contributed by atoms with Crippen molar-refractivity contribution in [1.82, 2.24) is 5.32 Å². The first-order valence-corrected chi connectivity index (χ1v) is 6.17. The second-order valence-corrected chi connectivity index (χ2v) is 5.80. The highest BCUT2D eigenvalue weighted by atomic mass is 16.6. The zero-order valence-corrected chi connectivity index (χ0v) is 9.71. The highest BCUT2D eigenvalue weighted by molar-refractivity contribution is 5.07. The minimum Gasteiger partial charge on any atom is -0.377 e. The normalized spacial score (nSPS) is 43.0. The smallest absolute Gasteiger partial charge is 0.145 e. The molecule has 2 unspecified atom stereocenters. The van der Waals surface area contributed by atoms with Crippen LogP contribution in [0.2, 0.25) is 0 Å². The Balaban J connectivity index is 1.78. The molecule has 3 rings (SSSR count). The summed E-state index contributed by atoms with van der Waals surface area (Å²) < 4.78 is 11.8. The zero-order chi connectivity index (χ0) is 10.5. The Labute approximate surface area is 91.5 Å². The molecule has 3 aliphatic rings. The molecule has 2 heterocycles. The van der Waals surface area contributed by atoms with Crippen molar-refractivity contribution in [2.75, 3.05) is 19.8 Å². The predicted octanol–water partition coefficient (Wildman–Crippen LogP) is 1.53. The standard InChI is InChI=1S/C12H21NO2/c1-9(2)10-11(3-4-11)7-13-12(15-10)5-6-14-8-12/h9-10,13H,3-8H2,1-2H3. The van der Waals surface area contributed by atoms with E-state index in [0.29, 0.717) is 17.4 Å². The molecule has 0 amide bonds. The van der Waals surface area contributed by atoms with E-state index in [4.69, 9.17) is 9.47 Å². The lowest BCUT2D eigenvalue weighted by molar-refractivity contribution is -0.186. The van der Waals surface area contributed by atoms with Gasteiger partial charge in [0, 0.05) is 18.4 Å². The number of nitrogens with one attached hydrogen (secondary N) is 1. The molecule has 0 bridgehead atoms. The van der Waals surface area contributed by atoms with Gasteiger partial charge in [-0.2, -0.15) is 0 Å². The van der Waals surface area contributed by atoms with Crippen LogP contribution < -0.4 is 5.32 Å². The van der Waals surface area contributed by atoms with E-state index >= 15 is 0 Å². The molecule has 0 radical (unpaired) electrons. The molecule has 0 aromatic rings. The summed E-state index contributed by atoms with van der Waals surface area (Å²) >= 11 is 0. The summed E-state index contributed by atoms with van der Waals surface area (Å²) in [6, 6.07) is 0. The van der Waals surface area contributed by atoms with Crippen LogP contribution >= 0.6 is 0 Å². The monoisotopic (exact) mass is 211 g/mol. The van der Waals surface area contributed by atoms with Crippen molar-refractivity contribution in [2.45, 2.75) is 44.9 Å². The second-order valence-electron chi connectivity index (χ2n) is 5.80. The van der Waals surface area contributed by atoms with Gasteiger partial charge in [-0.05, 0) is 18.8 Å². The third kappa shape index (κ3) is 1.52. The molecular formula is C12H21NO2. The molecule has 3 heteroatoms. The Morgan fingerprint density at radius 2 is 2.07 bits per heavy atom. The third-order valence-electron chi connectivity index (χ3n) is 4.20. The average molecular weight is 211 g/mol. The Bertz CT molecular complexity index is 254. The summed E-state index contributed by atoms with van der Waals surface area (Å²) in [7, 11) is 0. The molecule has 2 spiro atoms. The van der Waals surface area contributed by atoms with E-state index in [2.05, 4.69) is 19.2 Å². The van der Waals surface area contributed by atoms with E-state index in [0.717, 1.165) is 26.2 Å². The lowest BCUT2D eigenvalue weighted by Crippen LogP contribution is -2.61. The molecule has 3 fully saturated rings. The van der Waals surface area contributed by atoms with Crippen LogP contribution in [0, 0.1) is 11.3 Å². The molecule has 15 heavy (non-hydrogen) atoms. The molecule has 0 aromatic heterocycles. The van der Waals surface area contributed by atoms with Crippen molar-refractivity contribution < 1.29 is 9.47 Å². The molecule has 0 aromatic carbocycles. The fraction of sp³-hybridized carbons (Fsp3) is 1.00. The van der Waals surface area contributed by atoms with Crippen LogP contribution in [0.15, 0.2) is 0 Å². The molecule has 2 saturated heterocycles. The Hall–Kier alpha value is -0.120. The van der Waals surface area contributed by atoms with Gasteiger partial charge in [0.05, 0.1) is 19.3 Å². The SMILES string of the molecule is CC(C)C1OC2(CCOC2)NCC12CC2. The van der Waals surface area contributed by atoms with Crippen molar-refractivity contribution in [2.24, 2.45) is 11.3 Å². The Kier molecular flexibility index (Phi) is 2.14. The quantitative estimate of drug-likeness (QED) is 0.713. The largest absolute Gasteiger partial charge is 0.377 e. The van der Waals surface area contributed by atoms with Gasteiger partial charge >= 0.3 is 0 Å². The van der Waals surface area contributed by atoms with Crippen molar-refractivity contribution in [1.29, 1.82) is 0 Å². The number of hydrogen-bond donors (Lipinski definition) is 1. The lowest BCUT2D eigenvalue weighted by Gasteiger charge is -2.45.